The van der Waals surface area contributed by atoms with Crippen molar-refractivity contribution < 1.29 is 4.74 Å². The molecule has 19 heavy (non-hydrogen) atoms. The molecule has 2 nitrogen and oxygen atoms in total. The zero-order valence-electron chi connectivity index (χ0n) is 10.6. The Hall–Kier alpha value is -1.80. The molecule has 96 valence electrons. The molecule has 0 radical (unpaired) electrons. The SMILES string of the molecule is CC1C=c2nc(Oc3cccc(Cl)c3)ccc2=CC1. The van der Waals surface area contributed by atoms with Gasteiger partial charge in [-0.2, -0.15) is 0 Å². The van der Waals surface area contributed by atoms with Crippen molar-refractivity contribution in [3.63, 3.8) is 0 Å². The van der Waals surface area contributed by atoms with Gasteiger partial charge in [0.25, 0.3) is 0 Å². The van der Waals surface area contributed by atoms with Gasteiger partial charge in [0.1, 0.15) is 5.75 Å². The molecule has 0 saturated heterocycles. The Morgan fingerprint density at radius 1 is 1.26 bits per heavy atom. The van der Waals surface area contributed by atoms with Gasteiger partial charge in [0.05, 0.1) is 5.35 Å². The largest absolute Gasteiger partial charge is 0.439 e. The molecule has 0 amide bonds. The van der Waals surface area contributed by atoms with Crippen LogP contribution in [0.1, 0.15) is 13.3 Å². The van der Waals surface area contributed by atoms with Crippen LogP contribution in [0.25, 0.3) is 12.2 Å². The molecule has 1 atom stereocenters. The first-order valence-corrected chi connectivity index (χ1v) is 6.71. The number of halogens is 1. The molecule has 0 bridgehead atoms. The van der Waals surface area contributed by atoms with Crippen LogP contribution in [0.3, 0.4) is 0 Å². The number of fused-ring (bicyclic) bond motifs is 1. The van der Waals surface area contributed by atoms with E-state index in [-0.39, 0.29) is 0 Å². The fraction of sp³-hybridized carbons (Fsp3) is 0.188. The van der Waals surface area contributed by atoms with Crippen LogP contribution in [0.4, 0.5) is 0 Å². The third kappa shape index (κ3) is 2.79. The van der Waals surface area contributed by atoms with Gasteiger partial charge in [-0.05, 0) is 41.8 Å². The van der Waals surface area contributed by atoms with E-state index in [2.05, 4.69) is 24.1 Å². The highest BCUT2D eigenvalue weighted by atomic mass is 35.5. The number of benzene rings is 1. The smallest absolute Gasteiger partial charge is 0.219 e. The van der Waals surface area contributed by atoms with Crippen molar-refractivity contribution >= 4 is 23.8 Å². The van der Waals surface area contributed by atoms with Gasteiger partial charge >= 0.3 is 0 Å². The Morgan fingerprint density at radius 2 is 2.16 bits per heavy atom. The van der Waals surface area contributed by atoms with Gasteiger partial charge in [-0.15, -0.1) is 0 Å². The molecule has 1 aromatic heterocycles. The first-order chi connectivity index (χ1) is 9.20. The summed E-state index contributed by atoms with van der Waals surface area (Å²) in [5.41, 5.74) is 0. The monoisotopic (exact) mass is 271 g/mol. The van der Waals surface area contributed by atoms with E-state index in [1.165, 1.54) is 5.22 Å². The molecular formula is C16H14ClNO. The number of nitrogens with zero attached hydrogens (tertiary/aromatic N) is 1. The average molecular weight is 272 g/mol. The maximum absolute atomic E-state index is 5.93. The quantitative estimate of drug-likeness (QED) is 0.837. The van der Waals surface area contributed by atoms with Crippen molar-refractivity contribution in [3.8, 4) is 11.6 Å². The zero-order chi connectivity index (χ0) is 13.2. The molecule has 0 N–H and O–H groups in total. The predicted molar refractivity (Wildman–Crippen MR) is 77.7 cm³/mol. The lowest BCUT2D eigenvalue weighted by molar-refractivity contribution is 0.461. The maximum Gasteiger partial charge on any atom is 0.219 e. The van der Waals surface area contributed by atoms with E-state index in [0.717, 1.165) is 11.8 Å². The molecule has 3 rings (SSSR count). The van der Waals surface area contributed by atoms with Crippen molar-refractivity contribution in [1.29, 1.82) is 0 Å². The van der Waals surface area contributed by atoms with Gasteiger partial charge in [-0.1, -0.05) is 36.7 Å². The average Bonchev–Trinajstić information content (AvgIpc) is 2.38. The minimum atomic E-state index is 0.529. The van der Waals surface area contributed by atoms with E-state index in [1.807, 2.05) is 30.3 Å². The summed E-state index contributed by atoms with van der Waals surface area (Å²) in [5.74, 6) is 1.83. The van der Waals surface area contributed by atoms with Crippen LogP contribution in [0, 0.1) is 5.92 Å². The van der Waals surface area contributed by atoms with E-state index in [1.54, 1.807) is 6.07 Å². The first-order valence-electron chi connectivity index (χ1n) is 6.33. The zero-order valence-corrected chi connectivity index (χ0v) is 11.4. The Labute approximate surface area is 117 Å². The van der Waals surface area contributed by atoms with Crippen molar-refractivity contribution in [1.82, 2.24) is 4.98 Å². The van der Waals surface area contributed by atoms with Crippen LogP contribution in [-0.4, -0.2) is 4.98 Å². The summed E-state index contributed by atoms with van der Waals surface area (Å²) in [6, 6.07) is 11.3. The fourth-order valence-electron chi connectivity index (χ4n) is 2.13. The van der Waals surface area contributed by atoms with Gasteiger partial charge in [0.15, 0.2) is 0 Å². The lowest BCUT2D eigenvalue weighted by Gasteiger charge is -2.09. The van der Waals surface area contributed by atoms with Crippen LogP contribution in [0.5, 0.6) is 11.6 Å². The van der Waals surface area contributed by atoms with Crippen molar-refractivity contribution in [3.05, 3.63) is 52.0 Å². The molecule has 2 aromatic rings. The highest BCUT2D eigenvalue weighted by molar-refractivity contribution is 6.30. The molecule has 0 spiro atoms. The van der Waals surface area contributed by atoms with Gasteiger partial charge < -0.3 is 4.74 Å². The molecular weight excluding hydrogens is 258 g/mol. The van der Waals surface area contributed by atoms with Crippen molar-refractivity contribution in [2.75, 3.05) is 0 Å². The molecule has 1 aliphatic carbocycles. The normalized spacial score (nSPS) is 17.1. The third-order valence-corrected chi connectivity index (χ3v) is 3.34. The highest BCUT2D eigenvalue weighted by Crippen LogP contribution is 2.21. The Bertz CT molecular complexity index is 724. The Kier molecular flexibility index (Phi) is 3.26. The first kappa shape index (κ1) is 12.2. The summed E-state index contributed by atoms with van der Waals surface area (Å²) >= 11 is 5.93. The topological polar surface area (TPSA) is 22.1 Å². The molecule has 3 heteroatoms. The number of rotatable bonds is 2. The minimum absolute atomic E-state index is 0.529. The van der Waals surface area contributed by atoms with E-state index >= 15 is 0 Å². The summed E-state index contributed by atoms with van der Waals surface area (Å²) in [6.45, 7) is 2.19. The van der Waals surface area contributed by atoms with E-state index in [9.17, 15) is 0 Å². The second-order valence-electron chi connectivity index (χ2n) is 4.77. The fourth-order valence-corrected chi connectivity index (χ4v) is 2.31. The summed E-state index contributed by atoms with van der Waals surface area (Å²) in [5, 5.41) is 2.83. The van der Waals surface area contributed by atoms with Crippen LogP contribution >= 0.6 is 11.6 Å². The second kappa shape index (κ2) is 5.06. The second-order valence-corrected chi connectivity index (χ2v) is 5.20. The molecule has 1 unspecified atom stereocenters. The molecule has 0 saturated carbocycles. The van der Waals surface area contributed by atoms with Gasteiger partial charge in [0, 0.05) is 11.1 Å². The summed E-state index contributed by atoms with van der Waals surface area (Å²) in [7, 11) is 0. The third-order valence-electron chi connectivity index (χ3n) is 3.10. The molecule has 1 heterocycles. The van der Waals surface area contributed by atoms with Crippen LogP contribution < -0.4 is 15.3 Å². The number of hydrogen-bond acceptors (Lipinski definition) is 2. The van der Waals surface area contributed by atoms with Crippen LogP contribution in [0.2, 0.25) is 5.02 Å². The molecule has 0 fully saturated rings. The Balaban J connectivity index is 1.95. The molecule has 1 aliphatic rings. The van der Waals surface area contributed by atoms with E-state index in [4.69, 9.17) is 16.3 Å². The number of pyridine rings is 1. The lowest BCUT2D eigenvalue weighted by Crippen LogP contribution is -2.31. The molecule has 0 aliphatic heterocycles. The van der Waals surface area contributed by atoms with E-state index in [0.29, 0.717) is 22.6 Å². The minimum Gasteiger partial charge on any atom is -0.439 e. The van der Waals surface area contributed by atoms with Gasteiger partial charge in [0.2, 0.25) is 5.88 Å². The molecule has 1 aromatic carbocycles. The van der Waals surface area contributed by atoms with E-state index < -0.39 is 0 Å². The summed E-state index contributed by atoms with van der Waals surface area (Å²) < 4.78 is 5.73. The highest BCUT2D eigenvalue weighted by Gasteiger charge is 2.04. The lowest BCUT2D eigenvalue weighted by atomic mass is 10.0. The Morgan fingerprint density at radius 3 is 3.00 bits per heavy atom. The maximum atomic E-state index is 5.93. The van der Waals surface area contributed by atoms with Crippen LogP contribution in [0.15, 0.2) is 36.4 Å². The number of aromatic nitrogens is 1. The predicted octanol–water partition coefficient (Wildman–Crippen LogP) is 3.13. The number of ether oxygens (including phenoxy) is 1. The van der Waals surface area contributed by atoms with Crippen molar-refractivity contribution in [2.24, 2.45) is 5.92 Å². The number of hydrogen-bond donors (Lipinski definition) is 0. The summed E-state index contributed by atoms with van der Waals surface area (Å²) in [4.78, 5) is 4.54. The standard InChI is InChI=1S/C16H14ClNO/c1-11-5-6-12-7-8-16(18-15(12)9-11)19-14-4-2-3-13(17)10-14/h2-4,6-11H,5H2,1H3. The van der Waals surface area contributed by atoms with Crippen molar-refractivity contribution in [2.45, 2.75) is 13.3 Å². The summed E-state index contributed by atoms with van der Waals surface area (Å²) in [6.07, 6.45) is 5.47. The van der Waals surface area contributed by atoms with Gasteiger partial charge in [-0.25, -0.2) is 4.98 Å². The van der Waals surface area contributed by atoms with Crippen LogP contribution in [-0.2, 0) is 0 Å². The van der Waals surface area contributed by atoms with Gasteiger partial charge in [-0.3, -0.25) is 0 Å².